The summed E-state index contributed by atoms with van der Waals surface area (Å²) in [6.07, 6.45) is 2.28. The van der Waals surface area contributed by atoms with Crippen LogP contribution in [0.25, 0.3) is 0 Å². The molecule has 25 heavy (non-hydrogen) atoms. The molecule has 1 aromatic carbocycles. The number of benzene rings is 1. The Labute approximate surface area is 148 Å². The first-order chi connectivity index (χ1) is 11.8. The lowest BCUT2D eigenvalue weighted by atomic mass is 10.0. The van der Waals surface area contributed by atoms with Gasteiger partial charge < -0.3 is 19.1 Å². The lowest BCUT2D eigenvalue weighted by Gasteiger charge is -2.32. The smallest absolute Gasteiger partial charge is 0.254 e. The molecule has 0 unspecified atom stereocenters. The highest BCUT2D eigenvalue weighted by atomic mass is 32.2. The zero-order valence-electron chi connectivity index (χ0n) is 14.9. The molecular formula is C16H24N2O6S. The van der Waals surface area contributed by atoms with Gasteiger partial charge in [-0.15, -0.1) is 0 Å². The first kappa shape index (κ1) is 19.3. The van der Waals surface area contributed by atoms with E-state index in [4.69, 9.17) is 14.2 Å². The predicted molar refractivity (Wildman–Crippen MR) is 93.0 cm³/mol. The summed E-state index contributed by atoms with van der Waals surface area (Å²) in [7, 11) is 1.25. The molecule has 1 heterocycles. The normalized spacial score (nSPS) is 15.8. The second kappa shape index (κ2) is 7.92. The number of methoxy groups -OCH3 is 3. The summed E-state index contributed by atoms with van der Waals surface area (Å²) < 4.78 is 41.0. The average Bonchev–Trinajstić information content (AvgIpc) is 2.59. The zero-order chi connectivity index (χ0) is 18.6. The van der Waals surface area contributed by atoms with Gasteiger partial charge in [0.15, 0.2) is 11.5 Å². The molecule has 1 aliphatic rings. The molecule has 0 radical (unpaired) electrons. The molecule has 0 aromatic heterocycles. The lowest BCUT2D eigenvalue weighted by Crippen LogP contribution is -2.46. The van der Waals surface area contributed by atoms with Crippen molar-refractivity contribution in [3.8, 4) is 17.2 Å². The molecule has 1 saturated heterocycles. The van der Waals surface area contributed by atoms with Gasteiger partial charge in [0.25, 0.3) is 5.91 Å². The number of nitrogens with one attached hydrogen (secondary N) is 1. The number of hydrogen-bond donors (Lipinski definition) is 1. The van der Waals surface area contributed by atoms with Crippen LogP contribution in [0.15, 0.2) is 12.1 Å². The molecule has 1 amide bonds. The van der Waals surface area contributed by atoms with Crippen molar-refractivity contribution in [3.05, 3.63) is 17.7 Å². The van der Waals surface area contributed by atoms with E-state index >= 15 is 0 Å². The average molecular weight is 372 g/mol. The van der Waals surface area contributed by atoms with Crippen LogP contribution >= 0.6 is 0 Å². The highest BCUT2D eigenvalue weighted by Gasteiger charge is 2.26. The Morgan fingerprint density at radius 2 is 1.60 bits per heavy atom. The van der Waals surface area contributed by atoms with E-state index in [1.54, 1.807) is 17.0 Å². The highest BCUT2D eigenvalue weighted by molar-refractivity contribution is 7.88. The van der Waals surface area contributed by atoms with Crippen LogP contribution in [-0.4, -0.2) is 65.9 Å². The van der Waals surface area contributed by atoms with Gasteiger partial charge in [0.05, 0.1) is 27.6 Å². The first-order valence-electron chi connectivity index (χ1n) is 7.85. The summed E-state index contributed by atoms with van der Waals surface area (Å²) in [5.41, 5.74) is 0.434. The highest BCUT2D eigenvalue weighted by Crippen LogP contribution is 2.38. The third kappa shape index (κ3) is 4.76. The predicted octanol–water partition coefficient (Wildman–Crippen LogP) is 0.866. The fourth-order valence-corrected chi connectivity index (χ4v) is 3.73. The Morgan fingerprint density at radius 1 is 1.08 bits per heavy atom. The number of likely N-dealkylation sites (tertiary alicyclic amines) is 1. The number of sulfonamides is 1. The second-order valence-corrected chi connectivity index (χ2v) is 7.65. The molecule has 1 aromatic rings. The summed E-state index contributed by atoms with van der Waals surface area (Å²) in [6, 6.07) is 3.09. The van der Waals surface area contributed by atoms with Gasteiger partial charge in [-0.05, 0) is 25.0 Å². The minimum absolute atomic E-state index is 0.140. The van der Waals surface area contributed by atoms with Crippen LogP contribution in [0.4, 0.5) is 0 Å². The van der Waals surface area contributed by atoms with Gasteiger partial charge in [-0.25, -0.2) is 13.1 Å². The van der Waals surface area contributed by atoms with Gasteiger partial charge in [-0.3, -0.25) is 4.79 Å². The Balaban J connectivity index is 2.14. The van der Waals surface area contributed by atoms with Gasteiger partial charge in [0.2, 0.25) is 15.8 Å². The molecule has 8 nitrogen and oxygen atoms in total. The van der Waals surface area contributed by atoms with E-state index in [0.717, 1.165) is 6.26 Å². The van der Waals surface area contributed by atoms with Crippen LogP contribution in [0.3, 0.4) is 0 Å². The number of piperidine rings is 1. The van der Waals surface area contributed by atoms with Crippen molar-refractivity contribution >= 4 is 15.9 Å². The minimum atomic E-state index is -3.24. The van der Waals surface area contributed by atoms with Crippen LogP contribution in [0.1, 0.15) is 23.2 Å². The molecule has 2 rings (SSSR count). The topological polar surface area (TPSA) is 94.2 Å². The molecule has 0 aliphatic carbocycles. The van der Waals surface area contributed by atoms with E-state index in [2.05, 4.69) is 4.72 Å². The van der Waals surface area contributed by atoms with Crippen LogP contribution in [0.5, 0.6) is 17.2 Å². The summed E-state index contributed by atoms with van der Waals surface area (Å²) >= 11 is 0. The van der Waals surface area contributed by atoms with E-state index in [1.807, 2.05) is 0 Å². The van der Waals surface area contributed by atoms with Gasteiger partial charge in [-0.1, -0.05) is 0 Å². The number of carbonyl (C=O) groups excluding carboxylic acids is 1. The van der Waals surface area contributed by atoms with E-state index in [9.17, 15) is 13.2 Å². The van der Waals surface area contributed by atoms with Crippen molar-refractivity contribution in [1.82, 2.24) is 9.62 Å². The molecule has 140 valence electrons. The minimum Gasteiger partial charge on any atom is -0.493 e. The molecule has 0 bridgehead atoms. The Bertz CT molecular complexity index is 701. The van der Waals surface area contributed by atoms with Crippen molar-refractivity contribution in [3.63, 3.8) is 0 Å². The van der Waals surface area contributed by atoms with Gasteiger partial charge in [-0.2, -0.15) is 0 Å². The zero-order valence-corrected chi connectivity index (χ0v) is 15.7. The fraction of sp³-hybridized carbons (Fsp3) is 0.562. The van der Waals surface area contributed by atoms with Crippen LogP contribution in [-0.2, 0) is 10.0 Å². The van der Waals surface area contributed by atoms with Gasteiger partial charge in [0.1, 0.15) is 0 Å². The molecule has 0 spiro atoms. The summed E-state index contributed by atoms with van der Waals surface area (Å²) in [5, 5.41) is 0. The van der Waals surface area contributed by atoms with Crippen LogP contribution in [0, 0.1) is 0 Å². The molecule has 1 aliphatic heterocycles. The molecule has 9 heteroatoms. The quantitative estimate of drug-likeness (QED) is 0.796. The standard InChI is InChI=1S/C16H24N2O6S/c1-22-13-9-11(10-14(23-2)15(13)24-3)16(19)18-7-5-12(6-8-18)17-25(4,20)21/h9-10,12,17H,5-8H2,1-4H3. The van der Waals surface area contributed by atoms with Crippen LogP contribution in [0.2, 0.25) is 0 Å². The van der Waals surface area contributed by atoms with Crippen molar-refractivity contribution in [1.29, 1.82) is 0 Å². The first-order valence-corrected chi connectivity index (χ1v) is 9.74. The second-order valence-electron chi connectivity index (χ2n) is 5.87. The van der Waals surface area contributed by atoms with Crippen molar-refractivity contribution in [2.45, 2.75) is 18.9 Å². The van der Waals surface area contributed by atoms with Gasteiger partial charge in [0, 0.05) is 24.7 Å². The number of hydrogen-bond acceptors (Lipinski definition) is 6. The number of amides is 1. The van der Waals surface area contributed by atoms with Crippen LogP contribution < -0.4 is 18.9 Å². The number of carbonyl (C=O) groups is 1. The maximum atomic E-state index is 12.8. The molecule has 1 N–H and O–H groups in total. The van der Waals surface area contributed by atoms with E-state index in [0.29, 0.717) is 48.7 Å². The molecule has 1 fully saturated rings. The maximum absolute atomic E-state index is 12.8. The summed E-state index contributed by atoms with van der Waals surface area (Å²) in [5.74, 6) is 1.10. The SMILES string of the molecule is COc1cc(C(=O)N2CCC(NS(C)(=O)=O)CC2)cc(OC)c1OC. The Hall–Kier alpha value is -2.00. The third-order valence-corrected chi connectivity index (χ3v) is 4.84. The maximum Gasteiger partial charge on any atom is 0.254 e. The Kier molecular flexibility index (Phi) is 6.12. The number of nitrogens with zero attached hydrogens (tertiary/aromatic N) is 1. The number of ether oxygens (including phenoxy) is 3. The van der Waals surface area contributed by atoms with Crippen molar-refractivity contribution in [2.24, 2.45) is 0 Å². The van der Waals surface area contributed by atoms with Crippen molar-refractivity contribution in [2.75, 3.05) is 40.7 Å². The molecule has 0 saturated carbocycles. The van der Waals surface area contributed by atoms with E-state index in [1.165, 1.54) is 21.3 Å². The number of rotatable bonds is 6. The summed E-state index contributed by atoms with van der Waals surface area (Å²) in [4.78, 5) is 14.5. The fourth-order valence-electron chi connectivity index (χ4n) is 2.89. The molecule has 0 atom stereocenters. The van der Waals surface area contributed by atoms with E-state index < -0.39 is 10.0 Å². The third-order valence-electron chi connectivity index (χ3n) is 4.07. The largest absolute Gasteiger partial charge is 0.493 e. The Morgan fingerprint density at radius 3 is 2.00 bits per heavy atom. The lowest BCUT2D eigenvalue weighted by molar-refractivity contribution is 0.0710. The van der Waals surface area contributed by atoms with Gasteiger partial charge >= 0.3 is 0 Å². The van der Waals surface area contributed by atoms with Crippen molar-refractivity contribution < 1.29 is 27.4 Å². The monoisotopic (exact) mass is 372 g/mol. The van der Waals surface area contributed by atoms with E-state index in [-0.39, 0.29) is 11.9 Å². The summed E-state index contributed by atoms with van der Waals surface area (Å²) in [6.45, 7) is 0.950. The molecular weight excluding hydrogens is 348 g/mol.